The van der Waals surface area contributed by atoms with Gasteiger partial charge in [0.05, 0.1) is 9.22 Å². The molecule has 0 aliphatic carbocycles. The van der Waals surface area contributed by atoms with Crippen LogP contribution < -0.4 is 5.32 Å². The smallest absolute Gasteiger partial charge is 0.207 e. The summed E-state index contributed by atoms with van der Waals surface area (Å²) in [5.41, 5.74) is 3.91. The number of benzene rings is 2. The molecule has 3 rings (SSSR count). The van der Waals surface area contributed by atoms with Crippen LogP contribution in [0, 0.1) is 10.1 Å². The van der Waals surface area contributed by atoms with Gasteiger partial charge in [-0.1, -0.05) is 36.4 Å². The van der Waals surface area contributed by atoms with Crippen LogP contribution in [0.25, 0.3) is 0 Å². The molecule has 0 saturated carbocycles. The standard InChI is InChI=1S/C12H18N2O2S.C10H13NO/c1-13-7-6-10-4-5-12(8-11(10)9-13)17(2,3)14(15)16;12-9-11-8-4-7-10-5-2-1-3-6-10/h4-5,8H,6-7,9H2,1-3H3;1-3,5-6,9H,4,7-8H2,(H,11,12). The Morgan fingerprint density at radius 3 is 2.55 bits per heavy atom. The zero-order valence-electron chi connectivity index (χ0n) is 17.5. The van der Waals surface area contributed by atoms with Gasteiger partial charge in [0, 0.05) is 42.4 Å². The molecule has 0 radical (unpaired) electrons. The summed E-state index contributed by atoms with van der Waals surface area (Å²) in [7, 11) is 0.160. The first kappa shape index (κ1) is 22.9. The number of hydrogen-bond donors (Lipinski definition) is 1. The Hall–Kier alpha value is -2.38. The average molecular weight is 418 g/mol. The van der Waals surface area contributed by atoms with Crippen molar-refractivity contribution in [3.05, 3.63) is 75.3 Å². The van der Waals surface area contributed by atoms with Crippen molar-refractivity contribution in [1.82, 2.24) is 10.2 Å². The molecule has 0 unspecified atom stereocenters. The molecule has 1 amide bonds. The van der Waals surface area contributed by atoms with Crippen molar-refractivity contribution in [3.8, 4) is 0 Å². The van der Waals surface area contributed by atoms with E-state index in [1.54, 1.807) is 12.5 Å². The summed E-state index contributed by atoms with van der Waals surface area (Å²) in [4.78, 5) is 24.1. The molecule has 6 nitrogen and oxygen atoms in total. The van der Waals surface area contributed by atoms with Gasteiger partial charge in [-0.3, -0.25) is 14.9 Å². The zero-order valence-corrected chi connectivity index (χ0v) is 18.3. The summed E-state index contributed by atoms with van der Waals surface area (Å²) in [6.45, 7) is 2.73. The minimum Gasteiger partial charge on any atom is -0.359 e. The number of aryl methyl sites for hydroxylation is 1. The number of rotatable bonds is 7. The van der Waals surface area contributed by atoms with E-state index in [9.17, 15) is 14.9 Å². The average Bonchev–Trinajstić information content (AvgIpc) is 2.72. The van der Waals surface area contributed by atoms with E-state index in [1.807, 2.05) is 30.3 Å². The van der Waals surface area contributed by atoms with E-state index in [2.05, 4.69) is 35.5 Å². The summed E-state index contributed by atoms with van der Waals surface area (Å²) < 4.78 is -0.138. The van der Waals surface area contributed by atoms with Crippen molar-refractivity contribution in [2.24, 2.45) is 0 Å². The van der Waals surface area contributed by atoms with E-state index >= 15 is 0 Å². The van der Waals surface area contributed by atoms with E-state index in [0.717, 1.165) is 50.2 Å². The molecule has 158 valence electrons. The Morgan fingerprint density at radius 1 is 1.17 bits per heavy atom. The zero-order chi connectivity index (χ0) is 21.3. The van der Waals surface area contributed by atoms with Crippen molar-refractivity contribution in [2.45, 2.75) is 30.7 Å². The van der Waals surface area contributed by atoms with Gasteiger partial charge in [-0.2, -0.15) is 0 Å². The fourth-order valence-corrected chi connectivity index (χ4v) is 4.17. The monoisotopic (exact) mass is 417 g/mol. The summed E-state index contributed by atoms with van der Waals surface area (Å²) >= 11 is 0. The van der Waals surface area contributed by atoms with Crippen molar-refractivity contribution >= 4 is 16.6 Å². The van der Waals surface area contributed by atoms with Gasteiger partial charge in [-0.15, -0.1) is 0 Å². The number of hydrogen-bond acceptors (Lipinski definition) is 4. The molecule has 7 heteroatoms. The molecule has 1 aliphatic rings. The second-order valence-electron chi connectivity index (χ2n) is 7.58. The molecule has 2 aromatic carbocycles. The molecule has 0 fully saturated rings. The number of amides is 1. The maximum Gasteiger partial charge on any atom is 0.207 e. The van der Waals surface area contributed by atoms with Crippen molar-refractivity contribution in [2.75, 3.05) is 32.6 Å². The number of fused-ring (bicyclic) bond motifs is 1. The third-order valence-corrected chi connectivity index (χ3v) is 7.20. The van der Waals surface area contributed by atoms with Crippen molar-refractivity contribution < 1.29 is 9.12 Å². The highest BCUT2D eigenvalue weighted by molar-refractivity contribution is 8.27. The Labute approximate surface area is 174 Å². The van der Waals surface area contributed by atoms with Crippen LogP contribution >= 0.6 is 10.2 Å². The highest BCUT2D eigenvalue weighted by Gasteiger charge is 2.28. The van der Waals surface area contributed by atoms with Crippen LogP contribution in [-0.4, -0.2) is 48.3 Å². The second kappa shape index (κ2) is 11.0. The Bertz CT molecular complexity index is 812. The predicted octanol–water partition coefficient (Wildman–Crippen LogP) is 3.65. The van der Waals surface area contributed by atoms with Gasteiger partial charge in [-0.25, -0.2) is 0 Å². The topological polar surface area (TPSA) is 75.5 Å². The van der Waals surface area contributed by atoms with Gasteiger partial charge >= 0.3 is 0 Å². The molecule has 29 heavy (non-hydrogen) atoms. The Morgan fingerprint density at radius 2 is 1.90 bits per heavy atom. The molecule has 2 aromatic rings. The van der Waals surface area contributed by atoms with Gasteiger partial charge in [0.1, 0.15) is 0 Å². The summed E-state index contributed by atoms with van der Waals surface area (Å²) in [6.07, 6.45) is 7.29. The first-order valence-corrected chi connectivity index (χ1v) is 12.1. The van der Waals surface area contributed by atoms with Gasteiger partial charge in [-0.05, 0) is 55.1 Å². The SMILES string of the molecule is CN1CCc2ccc(S(C)(C)[N+](=O)[O-])cc2C1.O=CNCCCc1ccccc1. The van der Waals surface area contributed by atoms with Gasteiger partial charge < -0.3 is 10.2 Å². The fraction of sp³-hybridized carbons (Fsp3) is 0.409. The fourth-order valence-electron chi connectivity index (χ4n) is 3.17. The van der Waals surface area contributed by atoms with Crippen LogP contribution in [0.4, 0.5) is 0 Å². The summed E-state index contributed by atoms with van der Waals surface area (Å²) in [5, 5.41) is 13.7. The molecule has 0 aromatic heterocycles. The van der Waals surface area contributed by atoms with Crippen LogP contribution in [0.2, 0.25) is 0 Å². The molecule has 0 spiro atoms. The number of carbonyl (C=O) groups excluding carboxylic acids is 1. The molecule has 1 heterocycles. The molecule has 0 bridgehead atoms. The molecule has 1 aliphatic heterocycles. The second-order valence-corrected chi connectivity index (χ2v) is 10.9. The lowest BCUT2D eigenvalue weighted by Crippen LogP contribution is -2.26. The number of nitrogens with one attached hydrogen (secondary N) is 1. The van der Waals surface area contributed by atoms with Crippen molar-refractivity contribution in [3.63, 3.8) is 0 Å². The van der Waals surface area contributed by atoms with Crippen LogP contribution in [0.15, 0.2) is 53.4 Å². The molecular formula is C22H31N3O3S. The quantitative estimate of drug-likeness (QED) is 0.323. The van der Waals surface area contributed by atoms with E-state index in [4.69, 9.17) is 0 Å². The van der Waals surface area contributed by atoms with E-state index < -0.39 is 10.2 Å². The third-order valence-electron chi connectivity index (χ3n) is 5.04. The Balaban J connectivity index is 0.000000221. The lowest BCUT2D eigenvalue weighted by molar-refractivity contribution is -0.295. The molecule has 1 N–H and O–H groups in total. The van der Waals surface area contributed by atoms with E-state index in [1.165, 1.54) is 16.7 Å². The summed E-state index contributed by atoms with van der Waals surface area (Å²) in [5.74, 6) is 0. The maximum atomic E-state index is 11.1. The number of nitro groups is 1. The lowest BCUT2D eigenvalue weighted by Gasteiger charge is -2.27. The highest BCUT2D eigenvalue weighted by atomic mass is 32.3. The van der Waals surface area contributed by atoms with E-state index in [-0.39, 0.29) is 4.33 Å². The normalized spacial score (nSPS) is 14.2. The van der Waals surface area contributed by atoms with Crippen LogP contribution in [0.5, 0.6) is 0 Å². The highest BCUT2D eigenvalue weighted by Crippen LogP contribution is 2.49. The van der Waals surface area contributed by atoms with Crippen LogP contribution in [-0.2, 0) is 24.2 Å². The molecule has 0 saturated heterocycles. The van der Waals surface area contributed by atoms with Gasteiger partial charge in [0.25, 0.3) is 0 Å². The molecule has 0 atom stereocenters. The first-order valence-electron chi connectivity index (χ1n) is 9.74. The summed E-state index contributed by atoms with van der Waals surface area (Å²) in [6, 6.07) is 16.3. The minimum absolute atomic E-state index is 0.138. The number of nitrogens with zero attached hydrogens (tertiary/aromatic N) is 2. The van der Waals surface area contributed by atoms with Crippen LogP contribution in [0.3, 0.4) is 0 Å². The molecular weight excluding hydrogens is 386 g/mol. The lowest BCUT2D eigenvalue weighted by atomic mass is 10.0. The maximum absolute atomic E-state index is 11.1. The third kappa shape index (κ3) is 6.87. The number of carbonyl (C=O) groups is 1. The first-order chi connectivity index (χ1) is 13.8. The van der Waals surface area contributed by atoms with Crippen molar-refractivity contribution in [1.29, 1.82) is 0 Å². The van der Waals surface area contributed by atoms with Crippen LogP contribution in [0.1, 0.15) is 23.1 Å². The Kier molecular flexibility index (Phi) is 8.67. The number of likely N-dealkylation sites (N-methyl/N-ethyl adjacent to an activating group) is 1. The largest absolute Gasteiger partial charge is 0.359 e. The van der Waals surface area contributed by atoms with E-state index in [0.29, 0.717) is 0 Å². The predicted molar refractivity (Wildman–Crippen MR) is 120 cm³/mol. The minimum atomic E-state index is -1.92. The van der Waals surface area contributed by atoms with Gasteiger partial charge in [0.2, 0.25) is 6.41 Å². The van der Waals surface area contributed by atoms with Gasteiger partial charge in [0.15, 0.2) is 0 Å².